The van der Waals surface area contributed by atoms with Gasteiger partial charge in [0.25, 0.3) is 0 Å². The first kappa shape index (κ1) is 15.4. The molecule has 0 bridgehead atoms. The molecule has 0 radical (unpaired) electrons. The molecule has 1 aromatic carbocycles. The maximum atomic E-state index is 12.8. The summed E-state index contributed by atoms with van der Waals surface area (Å²) in [6.07, 6.45) is -4.44. The lowest BCUT2D eigenvalue weighted by atomic mass is 10.0. The molecule has 6 heteroatoms. The van der Waals surface area contributed by atoms with Gasteiger partial charge >= 0.3 is 12.1 Å². The number of carboxylic acid groups (broad SMARTS) is 1. The van der Waals surface area contributed by atoms with Gasteiger partial charge < -0.3 is 9.67 Å². The molecule has 0 spiro atoms. The summed E-state index contributed by atoms with van der Waals surface area (Å²) in [4.78, 5) is 10.8. The first-order valence-electron chi connectivity index (χ1n) is 6.66. The van der Waals surface area contributed by atoms with Crippen LogP contribution in [0.1, 0.15) is 37.4 Å². The molecule has 1 unspecified atom stereocenters. The number of aryl methyl sites for hydroxylation is 1. The molecule has 1 N–H and O–H groups in total. The summed E-state index contributed by atoms with van der Waals surface area (Å²) in [6, 6.07) is 5.37. The Hall–Kier alpha value is -1.98. The molecule has 0 aliphatic carbocycles. The van der Waals surface area contributed by atoms with Crippen molar-refractivity contribution in [1.29, 1.82) is 0 Å². The summed E-state index contributed by atoms with van der Waals surface area (Å²) in [5.74, 6) is -1.18. The minimum atomic E-state index is -4.39. The maximum Gasteiger partial charge on any atom is 0.416 e. The first-order chi connectivity index (χ1) is 9.74. The Morgan fingerprint density at radius 2 is 2.00 bits per heavy atom. The van der Waals surface area contributed by atoms with E-state index in [1.807, 2.05) is 6.92 Å². The van der Waals surface area contributed by atoms with Gasteiger partial charge in [-0.3, -0.25) is 4.79 Å². The third-order valence-corrected chi connectivity index (χ3v) is 3.57. The highest BCUT2D eigenvalue weighted by molar-refractivity contribution is 5.82. The molecule has 2 aromatic rings. The monoisotopic (exact) mass is 299 g/mol. The topological polar surface area (TPSA) is 42.2 Å². The van der Waals surface area contributed by atoms with Crippen LogP contribution >= 0.6 is 0 Å². The molecule has 3 nitrogen and oxygen atoms in total. The van der Waals surface area contributed by atoms with Crippen LogP contribution in [-0.2, 0) is 17.5 Å². The Morgan fingerprint density at radius 3 is 2.52 bits per heavy atom. The molecule has 114 valence electrons. The Bertz CT molecular complexity index is 673. The number of alkyl halides is 3. The SMILES string of the molecule is CCn1c(C(C)CC(=O)O)cc2ccc(C(F)(F)F)cc21. The van der Waals surface area contributed by atoms with Gasteiger partial charge in [0.1, 0.15) is 0 Å². The van der Waals surface area contributed by atoms with Gasteiger partial charge in [0, 0.05) is 23.7 Å². The number of nitrogens with zero attached hydrogens (tertiary/aromatic N) is 1. The molecule has 0 saturated carbocycles. The molecule has 1 heterocycles. The number of aromatic nitrogens is 1. The van der Waals surface area contributed by atoms with Crippen LogP contribution in [0, 0.1) is 0 Å². The Labute approximate surface area is 120 Å². The highest BCUT2D eigenvalue weighted by Gasteiger charge is 2.31. The zero-order valence-electron chi connectivity index (χ0n) is 11.7. The first-order valence-corrected chi connectivity index (χ1v) is 6.66. The molecular formula is C15H16F3NO2. The number of benzene rings is 1. The standard InChI is InChI=1S/C15H16F3NO2/c1-3-19-12(9(2)6-14(20)21)7-10-4-5-11(8-13(10)19)15(16,17)18/h4-5,7-9H,3,6H2,1-2H3,(H,20,21). The minimum Gasteiger partial charge on any atom is -0.481 e. The fraction of sp³-hybridized carbons (Fsp3) is 0.400. The van der Waals surface area contributed by atoms with Gasteiger partial charge in [-0.2, -0.15) is 13.2 Å². The number of hydrogen-bond acceptors (Lipinski definition) is 1. The molecule has 0 aliphatic heterocycles. The van der Waals surface area contributed by atoms with Gasteiger partial charge in [-0.15, -0.1) is 0 Å². The van der Waals surface area contributed by atoms with Crippen LogP contribution in [0.3, 0.4) is 0 Å². The third kappa shape index (κ3) is 3.04. The second-order valence-corrected chi connectivity index (χ2v) is 5.08. The number of hydrogen-bond donors (Lipinski definition) is 1. The summed E-state index contributed by atoms with van der Waals surface area (Å²) in [5.41, 5.74) is 0.536. The van der Waals surface area contributed by atoms with Gasteiger partial charge in [0.2, 0.25) is 0 Å². The molecule has 0 amide bonds. The van der Waals surface area contributed by atoms with E-state index in [2.05, 4.69) is 0 Å². The van der Waals surface area contributed by atoms with E-state index in [0.717, 1.165) is 17.8 Å². The fourth-order valence-corrected chi connectivity index (χ4v) is 2.58. The smallest absolute Gasteiger partial charge is 0.416 e. The summed E-state index contributed by atoms with van der Waals surface area (Å²) in [5, 5.41) is 9.57. The normalized spacial score (nSPS) is 13.6. The average molecular weight is 299 g/mol. The minimum absolute atomic E-state index is 0.0531. The summed E-state index contributed by atoms with van der Waals surface area (Å²) in [6.45, 7) is 4.08. The van der Waals surface area contributed by atoms with Crippen molar-refractivity contribution in [2.24, 2.45) is 0 Å². The van der Waals surface area contributed by atoms with Crippen molar-refractivity contribution in [2.45, 2.75) is 38.9 Å². The summed E-state index contributed by atoms with van der Waals surface area (Å²) < 4.78 is 40.2. The van der Waals surface area contributed by atoms with Crippen molar-refractivity contribution in [1.82, 2.24) is 4.57 Å². The van der Waals surface area contributed by atoms with Crippen molar-refractivity contribution >= 4 is 16.9 Å². The van der Waals surface area contributed by atoms with Crippen LogP contribution in [0.25, 0.3) is 10.9 Å². The fourth-order valence-electron chi connectivity index (χ4n) is 2.58. The van der Waals surface area contributed by atoms with E-state index in [1.165, 1.54) is 6.07 Å². The van der Waals surface area contributed by atoms with Gasteiger partial charge in [0.15, 0.2) is 0 Å². The van der Waals surface area contributed by atoms with Crippen LogP contribution in [-0.4, -0.2) is 15.6 Å². The van der Waals surface area contributed by atoms with Gasteiger partial charge in [-0.25, -0.2) is 0 Å². The maximum absolute atomic E-state index is 12.8. The van der Waals surface area contributed by atoms with E-state index < -0.39 is 17.7 Å². The van der Waals surface area contributed by atoms with Crippen LogP contribution in [0.5, 0.6) is 0 Å². The molecule has 1 aromatic heterocycles. The van der Waals surface area contributed by atoms with E-state index in [4.69, 9.17) is 5.11 Å². The average Bonchev–Trinajstić information content (AvgIpc) is 2.74. The van der Waals surface area contributed by atoms with Crippen LogP contribution in [0.4, 0.5) is 13.2 Å². The second-order valence-electron chi connectivity index (χ2n) is 5.08. The summed E-state index contributed by atoms with van der Waals surface area (Å²) >= 11 is 0. The van der Waals surface area contributed by atoms with Crippen LogP contribution < -0.4 is 0 Å². The van der Waals surface area contributed by atoms with E-state index in [9.17, 15) is 18.0 Å². The van der Waals surface area contributed by atoms with E-state index in [0.29, 0.717) is 17.4 Å². The number of carbonyl (C=O) groups is 1. The van der Waals surface area contributed by atoms with Crippen molar-refractivity contribution in [3.8, 4) is 0 Å². The lowest BCUT2D eigenvalue weighted by Gasteiger charge is -2.14. The molecule has 2 rings (SSSR count). The zero-order valence-corrected chi connectivity index (χ0v) is 11.7. The third-order valence-electron chi connectivity index (χ3n) is 3.57. The highest BCUT2D eigenvalue weighted by Crippen LogP contribution is 2.34. The molecule has 21 heavy (non-hydrogen) atoms. The Balaban J connectivity index is 2.56. The molecule has 1 atom stereocenters. The predicted molar refractivity (Wildman–Crippen MR) is 73.3 cm³/mol. The molecule has 0 saturated heterocycles. The largest absolute Gasteiger partial charge is 0.481 e. The number of carboxylic acids is 1. The van der Waals surface area contributed by atoms with Crippen LogP contribution in [0.2, 0.25) is 0 Å². The van der Waals surface area contributed by atoms with E-state index in [-0.39, 0.29) is 12.3 Å². The summed E-state index contributed by atoms with van der Waals surface area (Å²) in [7, 11) is 0. The van der Waals surface area contributed by atoms with Gasteiger partial charge in [-0.05, 0) is 30.5 Å². The molecule has 0 fully saturated rings. The Morgan fingerprint density at radius 1 is 1.33 bits per heavy atom. The number of halogens is 3. The van der Waals surface area contributed by atoms with Crippen molar-refractivity contribution in [3.63, 3.8) is 0 Å². The van der Waals surface area contributed by atoms with Crippen molar-refractivity contribution in [2.75, 3.05) is 0 Å². The number of aliphatic carboxylic acids is 1. The highest BCUT2D eigenvalue weighted by atomic mass is 19.4. The second kappa shape index (κ2) is 5.42. The predicted octanol–water partition coefficient (Wildman–Crippen LogP) is 4.26. The lowest BCUT2D eigenvalue weighted by Crippen LogP contribution is -2.09. The van der Waals surface area contributed by atoms with Gasteiger partial charge in [0.05, 0.1) is 12.0 Å². The molecule has 0 aliphatic rings. The van der Waals surface area contributed by atoms with Crippen molar-refractivity contribution in [3.05, 3.63) is 35.5 Å². The quantitative estimate of drug-likeness (QED) is 0.916. The number of rotatable bonds is 4. The van der Waals surface area contributed by atoms with Crippen molar-refractivity contribution < 1.29 is 23.1 Å². The van der Waals surface area contributed by atoms with Crippen LogP contribution in [0.15, 0.2) is 24.3 Å². The lowest BCUT2D eigenvalue weighted by molar-refractivity contribution is -0.138. The van der Waals surface area contributed by atoms with Gasteiger partial charge in [-0.1, -0.05) is 13.0 Å². The Kier molecular flexibility index (Phi) is 3.98. The van der Waals surface area contributed by atoms with E-state index >= 15 is 0 Å². The van der Waals surface area contributed by atoms with E-state index in [1.54, 1.807) is 17.6 Å². The number of fused-ring (bicyclic) bond motifs is 1. The zero-order chi connectivity index (χ0) is 15.8. The molecular weight excluding hydrogens is 283 g/mol.